The van der Waals surface area contributed by atoms with E-state index in [4.69, 9.17) is 14.2 Å². The lowest BCUT2D eigenvalue weighted by atomic mass is 10.1. The molecule has 28 heavy (non-hydrogen) atoms. The minimum Gasteiger partial charge on any atom is -0.493 e. The predicted molar refractivity (Wildman–Crippen MR) is 105 cm³/mol. The van der Waals surface area contributed by atoms with Crippen LogP contribution in [0.25, 0.3) is 11.3 Å². The van der Waals surface area contributed by atoms with Crippen LogP contribution >= 0.6 is 0 Å². The molecule has 1 unspecified atom stereocenters. The van der Waals surface area contributed by atoms with Crippen LogP contribution < -0.4 is 9.47 Å². The summed E-state index contributed by atoms with van der Waals surface area (Å²) in [6.07, 6.45) is 2.34. The third-order valence-corrected chi connectivity index (χ3v) is 4.70. The number of aldehydes is 1. The molecule has 0 saturated carbocycles. The second-order valence-electron chi connectivity index (χ2n) is 6.64. The van der Waals surface area contributed by atoms with E-state index in [-0.39, 0.29) is 6.29 Å². The third-order valence-electron chi connectivity index (χ3n) is 4.70. The van der Waals surface area contributed by atoms with Crippen molar-refractivity contribution >= 4 is 6.29 Å². The number of carbonyl (C=O) groups excluding carboxylic acids is 1. The zero-order valence-corrected chi connectivity index (χ0v) is 15.7. The molecule has 0 spiro atoms. The summed E-state index contributed by atoms with van der Waals surface area (Å²) in [5.74, 6) is 1.26. The number of methoxy groups -OCH3 is 1. The fourth-order valence-electron chi connectivity index (χ4n) is 3.31. The molecule has 1 aromatic heterocycles. The average Bonchev–Trinajstić information content (AvgIpc) is 3.38. The van der Waals surface area contributed by atoms with Gasteiger partial charge in [0, 0.05) is 12.0 Å². The molecular weight excluding hydrogens is 356 g/mol. The summed E-state index contributed by atoms with van der Waals surface area (Å²) in [7, 11) is 1.61. The molecule has 1 fully saturated rings. The first-order valence-electron chi connectivity index (χ1n) is 9.30. The van der Waals surface area contributed by atoms with Crippen LogP contribution in [0.1, 0.15) is 28.9 Å². The Labute approximate surface area is 163 Å². The average molecular weight is 378 g/mol. The van der Waals surface area contributed by atoms with Gasteiger partial charge in [-0.15, -0.1) is 0 Å². The van der Waals surface area contributed by atoms with E-state index < -0.39 is 0 Å². The van der Waals surface area contributed by atoms with Crippen LogP contribution in [-0.4, -0.2) is 36.1 Å². The van der Waals surface area contributed by atoms with Gasteiger partial charge >= 0.3 is 0 Å². The zero-order chi connectivity index (χ0) is 19.3. The lowest BCUT2D eigenvalue weighted by Gasteiger charge is -2.17. The van der Waals surface area contributed by atoms with E-state index in [2.05, 4.69) is 5.10 Å². The Balaban J connectivity index is 1.69. The van der Waals surface area contributed by atoms with Gasteiger partial charge in [-0.25, -0.2) is 0 Å². The Hall–Kier alpha value is -3.12. The number of aromatic nitrogens is 2. The molecule has 1 atom stereocenters. The highest BCUT2D eigenvalue weighted by molar-refractivity contribution is 5.76. The lowest BCUT2D eigenvalue weighted by molar-refractivity contribution is -0.0402. The van der Waals surface area contributed by atoms with Gasteiger partial charge < -0.3 is 14.2 Å². The van der Waals surface area contributed by atoms with Crippen molar-refractivity contribution in [2.45, 2.75) is 25.7 Å². The molecule has 144 valence electrons. The van der Waals surface area contributed by atoms with Gasteiger partial charge in [-0.3, -0.25) is 9.48 Å². The number of carbonyl (C=O) groups is 1. The molecular formula is C22H22N2O4. The number of rotatable bonds is 7. The smallest absolute Gasteiger partial charge is 0.200 e. The fraction of sp³-hybridized carbons (Fsp3) is 0.273. The van der Waals surface area contributed by atoms with E-state index in [1.807, 2.05) is 53.2 Å². The van der Waals surface area contributed by atoms with E-state index in [0.717, 1.165) is 35.9 Å². The van der Waals surface area contributed by atoms with Crippen molar-refractivity contribution in [3.05, 3.63) is 65.9 Å². The van der Waals surface area contributed by atoms with Gasteiger partial charge in [-0.05, 0) is 36.2 Å². The van der Waals surface area contributed by atoms with Gasteiger partial charge in [0.1, 0.15) is 5.69 Å². The molecule has 0 aliphatic carbocycles. The summed E-state index contributed by atoms with van der Waals surface area (Å²) >= 11 is 0. The summed E-state index contributed by atoms with van der Waals surface area (Å²) in [6.45, 7) is 1.27. The van der Waals surface area contributed by atoms with E-state index in [1.165, 1.54) is 0 Å². The molecule has 2 heterocycles. The van der Waals surface area contributed by atoms with Crippen molar-refractivity contribution in [1.29, 1.82) is 0 Å². The third kappa shape index (κ3) is 3.92. The summed E-state index contributed by atoms with van der Waals surface area (Å²) in [5, 5.41) is 4.43. The molecule has 2 aromatic carbocycles. The van der Waals surface area contributed by atoms with E-state index in [0.29, 0.717) is 30.3 Å². The first kappa shape index (κ1) is 18.3. The molecule has 0 N–H and O–H groups in total. The van der Waals surface area contributed by atoms with Crippen molar-refractivity contribution in [1.82, 2.24) is 9.78 Å². The van der Waals surface area contributed by atoms with Gasteiger partial charge in [0.25, 0.3) is 0 Å². The van der Waals surface area contributed by atoms with Crippen LogP contribution in [0.4, 0.5) is 0 Å². The van der Waals surface area contributed by atoms with Gasteiger partial charge in [0.15, 0.2) is 24.1 Å². The Morgan fingerprint density at radius 2 is 2.04 bits per heavy atom. The highest BCUT2D eigenvalue weighted by atomic mass is 16.7. The van der Waals surface area contributed by atoms with Crippen LogP contribution in [-0.2, 0) is 11.3 Å². The lowest BCUT2D eigenvalue weighted by Crippen LogP contribution is -2.14. The molecule has 3 aromatic rings. The summed E-state index contributed by atoms with van der Waals surface area (Å²) in [5.41, 5.74) is 3.23. The standard InChI is InChI=1S/C22H22N2O4/c1-26-20-10-9-17(12-21(20)28-22-8-5-11-27-22)19-13-18(15-25)23-24(19)14-16-6-3-2-4-7-16/h2-4,6-7,9-10,12-13,15,22H,5,8,11,14H2,1H3. The van der Waals surface area contributed by atoms with E-state index in [9.17, 15) is 4.79 Å². The van der Waals surface area contributed by atoms with Crippen LogP contribution in [0, 0.1) is 0 Å². The summed E-state index contributed by atoms with van der Waals surface area (Å²) in [6, 6.07) is 17.5. The monoisotopic (exact) mass is 378 g/mol. The predicted octanol–water partition coefficient (Wildman–Crippen LogP) is 3.93. The van der Waals surface area contributed by atoms with Crippen molar-refractivity contribution in [3.63, 3.8) is 0 Å². The summed E-state index contributed by atoms with van der Waals surface area (Å²) in [4.78, 5) is 11.3. The molecule has 6 heteroatoms. The molecule has 4 rings (SSSR count). The Morgan fingerprint density at radius 3 is 2.75 bits per heavy atom. The minimum atomic E-state index is -0.260. The van der Waals surface area contributed by atoms with Crippen molar-refractivity contribution in [2.24, 2.45) is 0 Å². The quantitative estimate of drug-likeness (QED) is 0.583. The zero-order valence-electron chi connectivity index (χ0n) is 15.7. The van der Waals surface area contributed by atoms with Crippen LogP contribution in [0.15, 0.2) is 54.6 Å². The van der Waals surface area contributed by atoms with Crippen molar-refractivity contribution in [3.8, 4) is 22.8 Å². The number of hydrogen-bond donors (Lipinski definition) is 0. The van der Waals surface area contributed by atoms with Crippen LogP contribution in [0.3, 0.4) is 0 Å². The second-order valence-corrected chi connectivity index (χ2v) is 6.64. The molecule has 0 bridgehead atoms. The molecule has 1 aliphatic heterocycles. The Bertz CT molecular complexity index is 946. The van der Waals surface area contributed by atoms with Crippen molar-refractivity contribution in [2.75, 3.05) is 13.7 Å². The Kier molecular flexibility index (Phi) is 5.39. The highest BCUT2D eigenvalue weighted by Gasteiger charge is 2.20. The number of benzene rings is 2. The first-order valence-corrected chi connectivity index (χ1v) is 9.30. The molecule has 0 radical (unpaired) electrons. The Morgan fingerprint density at radius 1 is 1.18 bits per heavy atom. The largest absolute Gasteiger partial charge is 0.493 e. The van der Waals surface area contributed by atoms with Gasteiger partial charge in [0.05, 0.1) is 26.0 Å². The topological polar surface area (TPSA) is 62.6 Å². The maximum Gasteiger partial charge on any atom is 0.200 e. The van der Waals surface area contributed by atoms with Gasteiger partial charge in [0.2, 0.25) is 0 Å². The van der Waals surface area contributed by atoms with Gasteiger partial charge in [-0.2, -0.15) is 5.10 Å². The normalized spacial score (nSPS) is 16.1. The minimum absolute atomic E-state index is 0.260. The maximum absolute atomic E-state index is 11.3. The summed E-state index contributed by atoms with van der Waals surface area (Å²) < 4.78 is 18.9. The molecule has 6 nitrogen and oxygen atoms in total. The number of nitrogens with zero attached hydrogens (tertiary/aromatic N) is 2. The second kappa shape index (κ2) is 8.27. The SMILES string of the molecule is COc1ccc(-c2cc(C=O)nn2Cc2ccccc2)cc1OC1CCCO1. The molecule has 0 amide bonds. The van der Waals surface area contributed by atoms with Gasteiger partial charge in [-0.1, -0.05) is 30.3 Å². The fourth-order valence-corrected chi connectivity index (χ4v) is 3.31. The van der Waals surface area contributed by atoms with E-state index >= 15 is 0 Å². The van der Waals surface area contributed by atoms with E-state index in [1.54, 1.807) is 13.2 Å². The highest BCUT2D eigenvalue weighted by Crippen LogP contribution is 2.34. The molecule has 1 aliphatic rings. The number of hydrogen-bond acceptors (Lipinski definition) is 5. The van der Waals surface area contributed by atoms with Crippen LogP contribution in [0.2, 0.25) is 0 Å². The maximum atomic E-state index is 11.3. The number of ether oxygens (including phenoxy) is 3. The first-order chi connectivity index (χ1) is 13.8. The molecule has 1 saturated heterocycles. The van der Waals surface area contributed by atoms with Crippen molar-refractivity contribution < 1.29 is 19.0 Å². The van der Waals surface area contributed by atoms with Crippen LogP contribution in [0.5, 0.6) is 11.5 Å².